The van der Waals surface area contributed by atoms with Gasteiger partial charge in [0.1, 0.15) is 23.5 Å². The van der Waals surface area contributed by atoms with E-state index in [1.54, 1.807) is 4.57 Å². The van der Waals surface area contributed by atoms with Crippen molar-refractivity contribution in [2.45, 2.75) is 50.2 Å². The minimum absolute atomic E-state index is 0.305. The number of rotatable bonds is 5. The molecule has 10 heteroatoms. The van der Waals surface area contributed by atoms with Crippen molar-refractivity contribution in [2.24, 2.45) is 0 Å². The molecule has 4 rings (SSSR count). The fourth-order valence-corrected chi connectivity index (χ4v) is 4.14. The quantitative estimate of drug-likeness (QED) is 0.522. The standard InChI is InChI=1S/C17H26N6O3S/c18-15-12-16(21-11(20-15)4-7-22-5-2-1-3-6-22)23(9-19-12)17-14(25)13(24)10(8-27)26-17/h9-10,13-14,17,24-25,27H,1-8H2,(H2,18,20,21)/t10-,13-,14-,17-/m1/s1. The Morgan fingerprint density at radius 3 is 2.67 bits per heavy atom. The number of nitrogen functional groups attached to an aromatic ring is 1. The summed E-state index contributed by atoms with van der Waals surface area (Å²) in [5.41, 5.74) is 7.06. The molecule has 0 amide bonds. The van der Waals surface area contributed by atoms with Crippen LogP contribution in [0.3, 0.4) is 0 Å². The summed E-state index contributed by atoms with van der Waals surface area (Å²) in [5, 5.41) is 20.5. The first-order chi connectivity index (χ1) is 13.1. The van der Waals surface area contributed by atoms with Gasteiger partial charge in [0.25, 0.3) is 0 Å². The number of nitrogens with zero attached hydrogens (tertiary/aromatic N) is 5. The Hall–Kier alpha value is -1.46. The number of fused-ring (bicyclic) bond motifs is 1. The smallest absolute Gasteiger partial charge is 0.167 e. The van der Waals surface area contributed by atoms with Crippen molar-refractivity contribution in [1.82, 2.24) is 24.4 Å². The predicted molar refractivity (Wildman–Crippen MR) is 104 cm³/mol. The molecule has 4 N–H and O–H groups in total. The molecular formula is C17H26N6O3S. The van der Waals surface area contributed by atoms with Crippen molar-refractivity contribution < 1.29 is 14.9 Å². The van der Waals surface area contributed by atoms with E-state index in [0.717, 1.165) is 19.6 Å². The minimum Gasteiger partial charge on any atom is -0.387 e. The number of hydrogen-bond acceptors (Lipinski definition) is 9. The highest BCUT2D eigenvalue weighted by Crippen LogP contribution is 2.32. The average molecular weight is 395 g/mol. The van der Waals surface area contributed by atoms with Crippen LogP contribution in [-0.4, -0.2) is 78.3 Å². The van der Waals surface area contributed by atoms with Crippen LogP contribution >= 0.6 is 12.6 Å². The Morgan fingerprint density at radius 1 is 1.19 bits per heavy atom. The van der Waals surface area contributed by atoms with Crippen molar-refractivity contribution in [3.63, 3.8) is 0 Å². The van der Waals surface area contributed by atoms with Crippen molar-refractivity contribution in [3.05, 3.63) is 12.2 Å². The first-order valence-corrected chi connectivity index (χ1v) is 10.1. The second-order valence-electron chi connectivity index (χ2n) is 7.23. The summed E-state index contributed by atoms with van der Waals surface area (Å²) in [7, 11) is 0. The number of ether oxygens (including phenoxy) is 1. The molecule has 9 nitrogen and oxygen atoms in total. The van der Waals surface area contributed by atoms with E-state index < -0.39 is 24.5 Å². The third-order valence-electron chi connectivity index (χ3n) is 5.39. The maximum atomic E-state index is 10.4. The molecule has 2 aromatic heterocycles. The van der Waals surface area contributed by atoms with Gasteiger partial charge in [-0.25, -0.2) is 15.0 Å². The van der Waals surface area contributed by atoms with Crippen LogP contribution in [0.15, 0.2) is 6.33 Å². The van der Waals surface area contributed by atoms with Gasteiger partial charge in [0.05, 0.1) is 12.4 Å². The van der Waals surface area contributed by atoms with Gasteiger partial charge in [-0.1, -0.05) is 6.42 Å². The number of imidazole rings is 1. The zero-order valence-corrected chi connectivity index (χ0v) is 16.0. The number of likely N-dealkylation sites (tertiary alicyclic amines) is 1. The van der Waals surface area contributed by atoms with E-state index in [0.29, 0.717) is 35.0 Å². The third-order valence-corrected chi connectivity index (χ3v) is 5.75. The summed E-state index contributed by atoms with van der Waals surface area (Å²) >= 11 is 4.17. The normalized spacial score (nSPS) is 29.6. The lowest BCUT2D eigenvalue weighted by Gasteiger charge is -2.26. The number of hydrogen-bond donors (Lipinski definition) is 4. The minimum atomic E-state index is -1.09. The number of anilines is 1. The maximum absolute atomic E-state index is 10.4. The van der Waals surface area contributed by atoms with Crippen molar-refractivity contribution in [1.29, 1.82) is 0 Å². The molecule has 0 spiro atoms. The highest BCUT2D eigenvalue weighted by atomic mass is 32.1. The Labute approximate surface area is 163 Å². The van der Waals surface area contributed by atoms with Crippen LogP contribution in [0.25, 0.3) is 11.2 Å². The number of piperidine rings is 1. The average Bonchev–Trinajstić information content (AvgIpc) is 3.23. The van der Waals surface area contributed by atoms with E-state index >= 15 is 0 Å². The summed E-state index contributed by atoms with van der Waals surface area (Å²) in [4.78, 5) is 15.7. The first-order valence-electron chi connectivity index (χ1n) is 9.42. The van der Waals surface area contributed by atoms with Crippen molar-refractivity contribution in [3.8, 4) is 0 Å². The molecule has 4 heterocycles. The van der Waals surface area contributed by atoms with Gasteiger partial charge >= 0.3 is 0 Å². The predicted octanol–water partition coefficient (Wildman–Crippen LogP) is -0.0141. The highest BCUT2D eigenvalue weighted by molar-refractivity contribution is 7.80. The highest BCUT2D eigenvalue weighted by Gasteiger charge is 2.43. The molecule has 4 atom stereocenters. The van der Waals surface area contributed by atoms with Crippen molar-refractivity contribution in [2.75, 3.05) is 31.1 Å². The van der Waals surface area contributed by atoms with Crippen LogP contribution < -0.4 is 5.73 Å². The molecule has 2 fully saturated rings. The van der Waals surface area contributed by atoms with E-state index in [-0.39, 0.29) is 0 Å². The van der Waals surface area contributed by atoms with Crippen LogP contribution in [0.5, 0.6) is 0 Å². The maximum Gasteiger partial charge on any atom is 0.167 e. The lowest BCUT2D eigenvalue weighted by molar-refractivity contribution is -0.0288. The summed E-state index contributed by atoms with van der Waals surface area (Å²) in [6.07, 6.45) is 2.55. The second kappa shape index (κ2) is 7.88. The van der Waals surface area contributed by atoms with E-state index in [1.165, 1.54) is 25.6 Å². The van der Waals surface area contributed by atoms with Gasteiger partial charge in [-0.2, -0.15) is 12.6 Å². The van der Waals surface area contributed by atoms with Gasteiger partial charge < -0.3 is 25.6 Å². The first kappa shape index (κ1) is 18.9. The summed E-state index contributed by atoms with van der Waals surface area (Å²) in [6, 6.07) is 0. The molecule has 0 aliphatic carbocycles. The zero-order valence-electron chi connectivity index (χ0n) is 15.1. The monoisotopic (exact) mass is 394 g/mol. The van der Waals surface area contributed by atoms with Crippen molar-refractivity contribution >= 4 is 29.6 Å². The van der Waals surface area contributed by atoms with Crippen LogP contribution in [0.4, 0.5) is 5.82 Å². The number of nitrogens with two attached hydrogens (primary N) is 1. The molecular weight excluding hydrogens is 368 g/mol. The number of aromatic nitrogens is 4. The van der Waals surface area contributed by atoms with Crippen LogP contribution in [0.2, 0.25) is 0 Å². The van der Waals surface area contributed by atoms with Gasteiger partial charge in [-0.3, -0.25) is 4.57 Å². The SMILES string of the molecule is Nc1nc(CCN2CCCCC2)nc2c1ncn2[C@@H]1O[C@H](CS)[C@@H](O)[C@H]1O. The lowest BCUT2D eigenvalue weighted by atomic mass is 10.1. The molecule has 0 aromatic carbocycles. The number of aliphatic hydroxyl groups excluding tert-OH is 2. The molecule has 2 aromatic rings. The zero-order chi connectivity index (χ0) is 19.0. The Balaban J connectivity index is 1.58. The summed E-state index contributed by atoms with van der Waals surface area (Å²) in [6.45, 7) is 3.11. The van der Waals surface area contributed by atoms with Crippen LogP contribution in [0.1, 0.15) is 31.3 Å². The van der Waals surface area contributed by atoms with E-state index in [2.05, 4.69) is 32.5 Å². The molecule has 148 valence electrons. The van der Waals surface area contributed by atoms with Crippen LogP contribution in [-0.2, 0) is 11.2 Å². The molecule has 0 unspecified atom stereocenters. The molecule has 2 aliphatic heterocycles. The topological polar surface area (TPSA) is 123 Å². The Kier molecular flexibility index (Phi) is 5.51. The van der Waals surface area contributed by atoms with Gasteiger partial charge in [0, 0.05) is 18.7 Å². The summed E-state index contributed by atoms with van der Waals surface area (Å²) < 4.78 is 7.38. The fraction of sp³-hybridized carbons (Fsp3) is 0.706. The molecule has 0 bridgehead atoms. The molecule has 0 radical (unpaired) electrons. The largest absolute Gasteiger partial charge is 0.387 e. The van der Waals surface area contributed by atoms with E-state index in [4.69, 9.17) is 10.5 Å². The summed E-state index contributed by atoms with van der Waals surface area (Å²) in [5.74, 6) is 1.26. The van der Waals surface area contributed by atoms with E-state index in [1.807, 2.05) is 0 Å². The second-order valence-corrected chi connectivity index (χ2v) is 7.60. The Morgan fingerprint density at radius 2 is 1.96 bits per heavy atom. The van der Waals surface area contributed by atoms with Gasteiger partial charge in [0.15, 0.2) is 17.7 Å². The van der Waals surface area contributed by atoms with E-state index in [9.17, 15) is 10.2 Å². The van der Waals surface area contributed by atoms with Gasteiger partial charge in [-0.05, 0) is 25.9 Å². The van der Waals surface area contributed by atoms with Gasteiger partial charge in [-0.15, -0.1) is 0 Å². The molecule has 0 saturated carbocycles. The molecule has 27 heavy (non-hydrogen) atoms. The lowest BCUT2D eigenvalue weighted by Crippen LogP contribution is -2.32. The van der Waals surface area contributed by atoms with Crippen LogP contribution in [0, 0.1) is 0 Å². The third kappa shape index (κ3) is 3.64. The number of thiol groups is 1. The Bertz CT molecular complexity index is 796. The molecule has 2 saturated heterocycles. The fourth-order valence-electron chi connectivity index (χ4n) is 3.83. The molecule has 2 aliphatic rings. The van der Waals surface area contributed by atoms with Gasteiger partial charge in [0.2, 0.25) is 0 Å². The number of aliphatic hydroxyl groups is 2.